The molecule has 0 fully saturated rings. The van der Waals surface area contributed by atoms with Gasteiger partial charge in [-0.25, -0.2) is 15.0 Å². The average molecular weight is 314 g/mol. The fourth-order valence-electron chi connectivity index (χ4n) is 2.94. The Bertz CT molecular complexity index is 667. The van der Waals surface area contributed by atoms with Crippen LogP contribution in [0, 0.1) is 6.92 Å². The van der Waals surface area contributed by atoms with Crippen LogP contribution < -0.4 is 5.32 Å². The van der Waals surface area contributed by atoms with Crippen molar-refractivity contribution in [3.8, 4) is 0 Å². The Hall–Kier alpha value is -2.31. The molecular weight excluding hydrogens is 292 g/mol. The van der Waals surface area contributed by atoms with E-state index in [9.17, 15) is 4.79 Å². The molecular formula is C16H22N6O. The normalized spacial score (nSPS) is 13.6. The van der Waals surface area contributed by atoms with Gasteiger partial charge in [0.25, 0.3) is 0 Å². The van der Waals surface area contributed by atoms with E-state index >= 15 is 0 Å². The third-order valence-electron chi connectivity index (χ3n) is 4.14. The Morgan fingerprint density at radius 2 is 2.17 bits per heavy atom. The first-order valence-corrected chi connectivity index (χ1v) is 8.17. The number of carbonyl (C=O) groups excluding carboxylic acids is 1. The minimum absolute atomic E-state index is 0.0177. The van der Waals surface area contributed by atoms with Crippen LogP contribution in [0.4, 0.5) is 0 Å². The van der Waals surface area contributed by atoms with Crippen LogP contribution in [0.25, 0.3) is 0 Å². The summed E-state index contributed by atoms with van der Waals surface area (Å²) in [5, 5.41) is 6.91. The van der Waals surface area contributed by atoms with E-state index in [2.05, 4.69) is 25.4 Å². The Labute approximate surface area is 135 Å². The Kier molecular flexibility index (Phi) is 4.95. The van der Waals surface area contributed by atoms with E-state index < -0.39 is 0 Å². The molecule has 0 unspecified atom stereocenters. The Morgan fingerprint density at radius 3 is 3.00 bits per heavy atom. The van der Waals surface area contributed by atoms with Gasteiger partial charge in [0, 0.05) is 24.4 Å². The van der Waals surface area contributed by atoms with Crippen LogP contribution in [0.3, 0.4) is 0 Å². The molecule has 23 heavy (non-hydrogen) atoms. The third-order valence-corrected chi connectivity index (χ3v) is 4.14. The highest BCUT2D eigenvalue weighted by Crippen LogP contribution is 2.21. The number of aromatic nitrogens is 5. The van der Waals surface area contributed by atoms with Crippen LogP contribution >= 0.6 is 0 Å². The average Bonchev–Trinajstić information content (AvgIpc) is 3.06. The summed E-state index contributed by atoms with van der Waals surface area (Å²) in [5.41, 5.74) is 3.53. The van der Waals surface area contributed by atoms with Crippen molar-refractivity contribution in [1.29, 1.82) is 0 Å². The van der Waals surface area contributed by atoms with Crippen molar-refractivity contribution in [2.45, 2.75) is 58.5 Å². The van der Waals surface area contributed by atoms with E-state index in [0.717, 1.165) is 25.0 Å². The summed E-state index contributed by atoms with van der Waals surface area (Å²) in [4.78, 5) is 24.9. The number of carbonyl (C=O) groups is 1. The van der Waals surface area contributed by atoms with Gasteiger partial charge in [-0.05, 0) is 44.6 Å². The molecule has 2 aromatic rings. The van der Waals surface area contributed by atoms with Gasteiger partial charge in [0.2, 0.25) is 5.91 Å². The standard InChI is InChI=1S/C16H22N6O/c1-12-13-5-2-3-6-14(13)21-15(20-12)9-18-16(23)7-4-8-22-11-17-10-19-22/h10-11H,2-9H2,1H3,(H,18,23). The summed E-state index contributed by atoms with van der Waals surface area (Å²) < 4.78 is 1.73. The molecule has 0 aromatic carbocycles. The van der Waals surface area contributed by atoms with Gasteiger partial charge in [-0.15, -0.1) is 0 Å². The molecule has 0 atom stereocenters. The summed E-state index contributed by atoms with van der Waals surface area (Å²) in [6.45, 7) is 3.13. The lowest BCUT2D eigenvalue weighted by molar-refractivity contribution is -0.121. The highest BCUT2D eigenvalue weighted by Gasteiger charge is 2.15. The van der Waals surface area contributed by atoms with Crippen molar-refractivity contribution < 1.29 is 4.79 Å². The molecule has 1 N–H and O–H groups in total. The van der Waals surface area contributed by atoms with Crippen molar-refractivity contribution in [2.24, 2.45) is 0 Å². The molecule has 7 heteroatoms. The molecule has 0 radical (unpaired) electrons. The van der Waals surface area contributed by atoms with Crippen molar-refractivity contribution in [2.75, 3.05) is 0 Å². The lowest BCUT2D eigenvalue weighted by atomic mass is 9.95. The maximum atomic E-state index is 11.9. The summed E-state index contributed by atoms with van der Waals surface area (Å²) >= 11 is 0. The van der Waals surface area contributed by atoms with Gasteiger partial charge in [-0.3, -0.25) is 9.48 Å². The van der Waals surface area contributed by atoms with Gasteiger partial charge in [0.1, 0.15) is 18.5 Å². The summed E-state index contributed by atoms with van der Waals surface area (Å²) in [6, 6.07) is 0. The van der Waals surface area contributed by atoms with Gasteiger partial charge < -0.3 is 5.32 Å². The zero-order chi connectivity index (χ0) is 16.1. The highest BCUT2D eigenvalue weighted by atomic mass is 16.1. The van der Waals surface area contributed by atoms with Crippen molar-refractivity contribution in [3.05, 3.63) is 35.4 Å². The second kappa shape index (κ2) is 7.30. The second-order valence-corrected chi connectivity index (χ2v) is 5.90. The summed E-state index contributed by atoms with van der Waals surface area (Å²) in [5.74, 6) is 0.733. The van der Waals surface area contributed by atoms with Crippen molar-refractivity contribution >= 4 is 5.91 Å². The fourth-order valence-corrected chi connectivity index (χ4v) is 2.94. The van der Waals surface area contributed by atoms with Crippen LogP contribution in [0.15, 0.2) is 12.7 Å². The zero-order valence-corrected chi connectivity index (χ0v) is 13.5. The van der Waals surface area contributed by atoms with E-state index in [1.807, 2.05) is 6.92 Å². The topological polar surface area (TPSA) is 85.6 Å². The van der Waals surface area contributed by atoms with Gasteiger partial charge in [-0.1, -0.05) is 0 Å². The number of fused-ring (bicyclic) bond motifs is 1. The van der Waals surface area contributed by atoms with E-state index in [-0.39, 0.29) is 5.91 Å². The molecule has 0 saturated heterocycles. The first-order chi connectivity index (χ1) is 11.2. The molecule has 2 aromatic heterocycles. The first-order valence-electron chi connectivity index (χ1n) is 8.17. The number of hydrogen-bond donors (Lipinski definition) is 1. The molecule has 0 saturated carbocycles. The van der Waals surface area contributed by atoms with Gasteiger partial charge >= 0.3 is 0 Å². The lowest BCUT2D eigenvalue weighted by Gasteiger charge is -2.17. The van der Waals surface area contributed by atoms with Crippen LogP contribution in [0.1, 0.15) is 48.5 Å². The highest BCUT2D eigenvalue weighted by molar-refractivity contribution is 5.75. The molecule has 0 bridgehead atoms. The first kappa shape index (κ1) is 15.6. The molecule has 0 aliphatic heterocycles. The fraction of sp³-hybridized carbons (Fsp3) is 0.562. The molecule has 1 amide bonds. The quantitative estimate of drug-likeness (QED) is 0.870. The van der Waals surface area contributed by atoms with Crippen LogP contribution in [-0.4, -0.2) is 30.6 Å². The third kappa shape index (κ3) is 4.12. The van der Waals surface area contributed by atoms with E-state index in [1.54, 1.807) is 11.0 Å². The molecule has 7 nitrogen and oxygen atoms in total. The molecule has 122 valence electrons. The van der Waals surface area contributed by atoms with E-state index in [0.29, 0.717) is 25.3 Å². The minimum Gasteiger partial charge on any atom is -0.349 e. The molecule has 0 spiro atoms. The van der Waals surface area contributed by atoms with Crippen LogP contribution in [0.5, 0.6) is 0 Å². The number of rotatable bonds is 6. The number of hydrogen-bond acceptors (Lipinski definition) is 5. The summed E-state index contributed by atoms with van der Waals surface area (Å²) in [6.07, 6.45) is 8.87. The van der Waals surface area contributed by atoms with E-state index in [1.165, 1.54) is 30.4 Å². The predicted octanol–water partition coefficient (Wildman–Crippen LogP) is 1.35. The van der Waals surface area contributed by atoms with Gasteiger partial charge in [0.15, 0.2) is 0 Å². The maximum absolute atomic E-state index is 11.9. The van der Waals surface area contributed by atoms with Gasteiger partial charge in [0.05, 0.1) is 6.54 Å². The van der Waals surface area contributed by atoms with Crippen LogP contribution in [0.2, 0.25) is 0 Å². The van der Waals surface area contributed by atoms with E-state index in [4.69, 9.17) is 0 Å². The number of nitrogens with one attached hydrogen (secondary N) is 1. The minimum atomic E-state index is 0.0177. The zero-order valence-electron chi connectivity index (χ0n) is 13.5. The van der Waals surface area contributed by atoms with Crippen LogP contribution in [-0.2, 0) is 30.7 Å². The number of nitrogens with zero attached hydrogens (tertiary/aromatic N) is 5. The monoisotopic (exact) mass is 314 g/mol. The van der Waals surface area contributed by atoms with Crippen molar-refractivity contribution in [3.63, 3.8) is 0 Å². The maximum Gasteiger partial charge on any atom is 0.220 e. The molecule has 1 aliphatic rings. The largest absolute Gasteiger partial charge is 0.349 e. The van der Waals surface area contributed by atoms with Crippen molar-refractivity contribution in [1.82, 2.24) is 30.0 Å². The lowest BCUT2D eigenvalue weighted by Crippen LogP contribution is -2.25. The Balaban J connectivity index is 1.48. The second-order valence-electron chi connectivity index (χ2n) is 5.90. The Morgan fingerprint density at radius 1 is 1.30 bits per heavy atom. The molecule has 1 aliphatic carbocycles. The SMILES string of the molecule is Cc1nc(CNC(=O)CCCn2cncn2)nc2c1CCCC2. The number of amides is 1. The smallest absolute Gasteiger partial charge is 0.220 e. The summed E-state index contributed by atoms with van der Waals surface area (Å²) in [7, 11) is 0. The number of aryl methyl sites for hydroxylation is 3. The van der Waals surface area contributed by atoms with Gasteiger partial charge in [-0.2, -0.15) is 5.10 Å². The molecule has 3 rings (SSSR count). The molecule has 2 heterocycles. The predicted molar refractivity (Wildman–Crippen MR) is 84.5 cm³/mol.